The largest absolute Gasteiger partial charge is 0.464 e. The Bertz CT molecular complexity index is 834. The lowest BCUT2D eigenvalue weighted by atomic mass is 10.1. The van der Waals surface area contributed by atoms with Crippen LogP contribution in [-0.4, -0.2) is 28.1 Å². The zero-order chi connectivity index (χ0) is 16.4. The van der Waals surface area contributed by atoms with Gasteiger partial charge < -0.3 is 4.74 Å². The number of rotatable bonds is 3. The first-order chi connectivity index (χ1) is 11.1. The third kappa shape index (κ3) is 2.85. The van der Waals surface area contributed by atoms with Crippen LogP contribution in [0.4, 0.5) is 0 Å². The van der Waals surface area contributed by atoms with Gasteiger partial charge in [-0.05, 0) is 37.1 Å². The topological polar surface area (TPSA) is 57.0 Å². The van der Waals surface area contributed by atoms with Gasteiger partial charge in [0.2, 0.25) is 0 Å². The van der Waals surface area contributed by atoms with Crippen molar-refractivity contribution in [2.45, 2.75) is 13.8 Å². The van der Waals surface area contributed by atoms with Gasteiger partial charge in [-0.2, -0.15) is 0 Å². The molecule has 2 aromatic carbocycles. The molecule has 116 valence electrons. The van der Waals surface area contributed by atoms with Crippen LogP contribution in [0, 0.1) is 13.8 Å². The molecule has 0 aliphatic heterocycles. The van der Waals surface area contributed by atoms with Crippen molar-refractivity contribution in [1.82, 2.24) is 15.0 Å². The Balaban J connectivity index is 2.22. The fraction of sp³-hybridized carbons (Fsp3) is 0.167. The van der Waals surface area contributed by atoms with Gasteiger partial charge in [0, 0.05) is 5.56 Å². The van der Waals surface area contributed by atoms with E-state index in [-0.39, 0.29) is 0 Å². The summed E-state index contributed by atoms with van der Waals surface area (Å²) in [6.07, 6.45) is 0. The van der Waals surface area contributed by atoms with Crippen molar-refractivity contribution < 1.29 is 9.53 Å². The van der Waals surface area contributed by atoms with E-state index in [2.05, 4.69) is 16.4 Å². The fourth-order valence-corrected chi connectivity index (χ4v) is 2.61. The van der Waals surface area contributed by atoms with Gasteiger partial charge in [0.1, 0.15) is 5.69 Å². The van der Waals surface area contributed by atoms with Crippen LogP contribution in [0.3, 0.4) is 0 Å². The first-order valence-electron chi connectivity index (χ1n) is 7.28. The van der Waals surface area contributed by atoms with Gasteiger partial charge in [0.25, 0.3) is 0 Å². The number of nitrogens with zero attached hydrogens (tertiary/aromatic N) is 3. The maximum atomic E-state index is 12.3. The molecule has 3 rings (SSSR count). The summed E-state index contributed by atoms with van der Waals surface area (Å²) in [5.74, 6) is -0.465. The molecule has 0 N–H and O–H groups in total. The van der Waals surface area contributed by atoms with Crippen molar-refractivity contribution in [1.29, 1.82) is 0 Å². The SMILES string of the molecule is COC(=O)c1c(-c2ccccc2)nnn1-c1cc(C)cc(C)c1. The van der Waals surface area contributed by atoms with Crippen LogP contribution in [-0.2, 0) is 4.74 Å². The van der Waals surface area contributed by atoms with Gasteiger partial charge in [-0.15, -0.1) is 5.10 Å². The highest BCUT2D eigenvalue weighted by atomic mass is 16.5. The highest BCUT2D eigenvalue weighted by molar-refractivity contribution is 5.94. The molecule has 5 heteroatoms. The summed E-state index contributed by atoms with van der Waals surface area (Å²) < 4.78 is 6.48. The molecular weight excluding hydrogens is 290 g/mol. The predicted octanol–water partition coefficient (Wildman–Crippen LogP) is 3.34. The van der Waals surface area contributed by atoms with E-state index in [1.54, 1.807) is 0 Å². The van der Waals surface area contributed by atoms with E-state index < -0.39 is 5.97 Å². The Hall–Kier alpha value is -2.95. The van der Waals surface area contributed by atoms with E-state index >= 15 is 0 Å². The number of carbonyl (C=O) groups excluding carboxylic acids is 1. The quantitative estimate of drug-likeness (QED) is 0.696. The van der Waals surface area contributed by atoms with E-state index in [0.717, 1.165) is 22.4 Å². The summed E-state index contributed by atoms with van der Waals surface area (Å²) in [4.78, 5) is 12.3. The number of benzene rings is 2. The molecule has 0 fully saturated rings. The minimum atomic E-state index is -0.465. The minimum Gasteiger partial charge on any atom is -0.464 e. The van der Waals surface area contributed by atoms with Crippen LogP contribution in [0.5, 0.6) is 0 Å². The number of hydrogen-bond donors (Lipinski definition) is 0. The third-order valence-electron chi connectivity index (χ3n) is 3.55. The Morgan fingerprint density at radius 2 is 1.70 bits per heavy atom. The molecule has 0 bridgehead atoms. The van der Waals surface area contributed by atoms with Crippen LogP contribution >= 0.6 is 0 Å². The minimum absolute atomic E-state index is 0.323. The average Bonchev–Trinajstić information content (AvgIpc) is 2.99. The highest BCUT2D eigenvalue weighted by Gasteiger charge is 2.23. The number of hydrogen-bond acceptors (Lipinski definition) is 4. The summed E-state index contributed by atoms with van der Waals surface area (Å²) in [7, 11) is 1.36. The first-order valence-corrected chi connectivity index (χ1v) is 7.28. The average molecular weight is 307 g/mol. The molecular formula is C18H17N3O2. The van der Waals surface area contributed by atoms with Gasteiger partial charge in [-0.1, -0.05) is 41.6 Å². The molecule has 3 aromatic rings. The Morgan fingerprint density at radius 3 is 2.30 bits per heavy atom. The summed E-state index contributed by atoms with van der Waals surface area (Å²) >= 11 is 0. The molecule has 0 radical (unpaired) electrons. The van der Waals surface area contributed by atoms with E-state index in [9.17, 15) is 4.79 Å². The molecule has 0 unspecified atom stereocenters. The number of aryl methyl sites for hydroxylation is 2. The smallest absolute Gasteiger partial charge is 0.359 e. The van der Waals surface area contributed by atoms with E-state index in [4.69, 9.17) is 4.74 Å². The van der Waals surface area contributed by atoms with E-state index in [0.29, 0.717) is 11.4 Å². The highest BCUT2D eigenvalue weighted by Crippen LogP contribution is 2.24. The molecule has 23 heavy (non-hydrogen) atoms. The second-order valence-corrected chi connectivity index (χ2v) is 5.40. The van der Waals surface area contributed by atoms with Crippen molar-refractivity contribution in [3.05, 3.63) is 65.4 Å². The summed E-state index contributed by atoms with van der Waals surface area (Å²) in [6.45, 7) is 4.01. The normalized spacial score (nSPS) is 10.6. The van der Waals surface area contributed by atoms with E-state index in [1.165, 1.54) is 11.8 Å². The molecule has 5 nitrogen and oxygen atoms in total. The molecule has 0 aliphatic rings. The van der Waals surface area contributed by atoms with Crippen molar-refractivity contribution >= 4 is 5.97 Å². The molecule has 0 saturated carbocycles. The summed E-state index contributed by atoms with van der Waals surface area (Å²) in [6, 6.07) is 15.5. The van der Waals surface area contributed by atoms with Crippen LogP contribution in [0.2, 0.25) is 0 Å². The Kier molecular flexibility index (Phi) is 3.93. The van der Waals surface area contributed by atoms with Gasteiger partial charge in [0.15, 0.2) is 5.69 Å². The summed E-state index contributed by atoms with van der Waals surface area (Å²) in [5.41, 5.74) is 4.63. The van der Waals surface area contributed by atoms with Crippen LogP contribution in [0.1, 0.15) is 21.6 Å². The molecule has 0 spiro atoms. The van der Waals surface area contributed by atoms with Crippen molar-refractivity contribution in [2.24, 2.45) is 0 Å². The molecule has 0 aliphatic carbocycles. The van der Waals surface area contributed by atoms with Gasteiger partial charge in [0.05, 0.1) is 12.8 Å². The summed E-state index contributed by atoms with van der Waals surface area (Å²) in [5, 5.41) is 8.38. The zero-order valence-corrected chi connectivity index (χ0v) is 13.3. The molecule has 0 atom stereocenters. The van der Waals surface area contributed by atoms with Crippen LogP contribution in [0.15, 0.2) is 48.5 Å². The number of methoxy groups -OCH3 is 1. The van der Waals surface area contributed by atoms with E-state index in [1.807, 2.05) is 56.3 Å². The number of ether oxygens (including phenoxy) is 1. The van der Waals surface area contributed by atoms with Gasteiger partial charge in [-0.3, -0.25) is 0 Å². The second kappa shape index (κ2) is 6.04. The van der Waals surface area contributed by atoms with Crippen LogP contribution < -0.4 is 0 Å². The maximum absolute atomic E-state index is 12.3. The standard InChI is InChI=1S/C18H17N3O2/c1-12-9-13(2)11-15(10-12)21-17(18(22)23-3)16(19-20-21)14-7-5-4-6-8-14/h4-11H,1-3H3. The lowest BCUT2D eigenvalue weighted by Crippen LogP contribution is -2.11. The van der Waals surface area contributed by atoms with Gasteiger partial charge >= 0.3 is 5.97 Å². The molecule has 1 aromatic heterocycles. The second-order valence-electron chi connectivity index (χ2n) is 5.40. The number of esters is 1. The zero-order valence-electron chi connectivity index (χ0n) is 13.3. The monoisotopic (exact) mass is 307 g/mol. The van der Waals surface area contributed by atoms with Crippen molar-refractivity contribution in [3.63, 3.8) is 0 Å². The first kappa shape index (κ1) is 15.0. The third-order valence-corrected chi connectivity index (χ3v) is 3.55. The number of aromatic nitrogens is 3. The lowest BCUT2D eigenvalue weighted by Gasteiger charge is -2.08. The van der Waals surface area contributed by atoms with Crippen LogP contribution in [0.25, 0.3) is 16.9 Å². The number of carbonyl (C=O) groups is 1. The maximum Gasteiger partial charge on any atom is 0.359 e. The van der Waals surface area contributed by atoms with Gasteiger partial charge in [-0.25, -0.2) is 9.48 Å². The lowest BCUT2D eigenvalue weighted by molar-refractivity contribution is 0.0591. The molecule has 1 heterocycles. The Morgan fingerprint density at radius 1 is 1.04 bits per heavy atom. The fourth-order valence-electron chi connectivity index (χ4n) is 2.61. The molecule has 0 saturated heterocycles. The van der Waals surface area contributed by atoms with Crippen molar-refractivity contribution in [2.75, 3.05) is 7.11 Å². The van der Waals surface area contributed by atoms with Crippen molar-refractivity contribution in [3.8, 4) is 16.9 Å². The molecule has 0 amide bonds. The predicted molar refractivity (Wildman–Crippen MR) is 87.6 cm³/mol. The Labute approximate surface area is 134 Å².